The smallest absolute Gasteiger partial charge is 0.338 e. The van der Waals surface area contributed by atoms with E-state index >= 15 is 0 Å². The lowest BCUT2D eigenvalue weighted by Crippen LogP contribution is -2.44. The number of hydrogen-bond acceptors (Lipinski definition) is 13. The predicted octanol–water partition coefficient (Wildman–Crippen LogP) is 3.74. The van der Waals surface area contributed by atoms with Crippen LogP contribution in [0.5, 0.6) is 5.75 Å². The summed E-state index contributed by atoms with van der Waals surface area (Å²) in [7, 11) is 0. The summed E-state index contributed by atoms with van der Waals surface area (Å²) in [6, 6.07) is 5.94. The van der Waals surface area contributed by atoms with E-state index in [1.807, 2.05) is 20.8 Å². The van der Waals surface area contributed by atoms with Gasteiger partial charge in [0.2, 0.25) is 17.7 Å². The van der Waals surface area contributed by atoms with E-state index in [0.29, 0.717) is 24.3 Å². The summed E-state index contributed by atoms with van der Waals surface area (Å²) in [4.78, 5) is 72.4. The number of rotatable bonds is 32. The molecule has 58 heavy (non-hydrogen) atoms. The highest BCUT2D eigenvalue weighted by Crippen LogP contribution is 2.17. The lowest BCUT2D eigenvalue weighted by atomic mass is 10.1. The average Bonchev–Trinajstić information content (AvgIpc) is 3.13. The van der Waals surface area contributed by atoms with E-state index in [4.69, 9.17) is 38.3 Å². The molecule has 0 radical (unpaired) electrons. The maximum atomic E-state index is 12.9. The van der Waals surface area contributed by atoms with Crippen LogP contribution in [0.1, 0.15) is 110 Å². The molecule has 0 heterocycles. The van der Waals surface area contributed by atoms with Gasteiger partial charge in [-0.2, -0.15) is 0 Å². The van der Waals surface area contributed by atoms with Crippen molar-refractivity contribution in [2.24, 2.45) is 0 Å². The lowest BCUT2D eigenvalue weighted by Gasteiger charge is -2.24. The minimum atomic E-state index is -1.05. The molecule has 0 unspecified atom stereocenters. The van der Waals surface area contributed by atoms with Crippen molar-refractivity contribution in [2.75, 3.05) is 72.6 Å². The molecular formula is C41H67N3O14. The highest BCUT2D eigenvalue weighted by Gasteiger charge is 2.27. The maximum absolute atomic E-state index is 12.9. The van der Waals surface area contributed by atoms with Gasteiger partial charge in [0, 0.05) is 25.9 Å². The number of hydrogen-bond donors (Lipinski definition) is 4. The van der Waals surface area contributed by atoms with Gasteiger partial charge in [-0.25, -0.2) is 14.4 Å². The number of nitrogens with one attached hydrogen (secondary N) is 3. The zero-order valence-corrected chi connectivity index (χ0v) is 35.3. The predicted molar refractivity (Wildman–Crippen MR) is 213 cm³/mol. The minimum absolute atomic E-state index is 0.00689. The number of esters is 2. The van der Waals surface area contributed by atoms with Crippen molar-refractivity contribution in [3.05, 3.63) is 29.8 Å². The van der Waals surface area contributed by atoms with E-state index in [-0.39, 0.29) is 109 Å². The third-order valence-corrected chi connectivity index (χ3v) is 7.58. The Balaban J connectivity index is 2.19. The normalized spacial score (nSPS) is 12.0. The summed E-state index contributed by atoms with van der Waals surface area (Å²) in [6.45, 7) is 12.4. The molecular weight excluding hydrogens is 758 g/mol. The van der Waals surface area contributed by atoms with E-state index in [2.05, 4.69) is 16.0 Å². The van der Waals surface area contributed by atoms with Gasteiger partial charge >= 0.3 is 17.9 Å². The van der Waals surface area contributed by atoms with Crippen molar-refractivity contribution in [1.82, 2.24) is 16.0 Å². The number of benzene rings is 1. The van der Waals surface area contributed by atoms with Gasteiger partial charge in [0.1, 0.15) is 36.2 Å². The van der Waals surface area contributed by atoms with Gasteiger partial charge in [-0.1, -0.05) is 25.7 Å². The van der Waals surface area contributed by atoms with Gasteiger partial charge in [0.25, 0.3) is 0 Å². The topological polar surface area (TPSA) is 223 Å². The van der Waals surface area contributed by atoms with Gasteiger partial charge in [0.05, 0.1) is 51.8 Å². The Morgan fingerprint density at radius 3 is 1.71 bits per heavy atom. The Hall–Kier alpha value is -4.32. The van der Waals surface area contributed by atoms with Crippen LogP contribution < -0.4 is 20.7 Å². The Bertz CT molecular complexity index is 1360. The van der Waals surface area contributed by atoms with Crippen LogP contribution in [0.2, 0.25) is 0 Å². The monoisotopic (exact) mass is 825 g/mol. The Morgan fingerprint density at radius 2 is 1.12 bits per heavy atom. The van der Waals surface area contributed by atoms with E-state index in [9.17, 15) is 28.8 Å². The van der Waals surface area contributed by atoms with E-state index < -0.39 is 29.2 Å². The van der Waals surface area contributed by atoms with Crippen LogP contribution in [-0.2, 0) is 52.4 Å². The molecule has 17 nitrogen and oxygen atoms in total. The molecule has 17 heteroatoms. The highest BCUT2D eigenvalue weighted by molar-refractivity contribution is 5.89. The van der Waals surface area contributed by atoms with Gasteiger partial charge in [-0.05, 0) is 85.1 Å². The van der Waals surface area contributed by atoms with E-state index in [1.54, 1.807) is 45.0 Å². The van der Waals surface area contributed by atoms with Crippen molar-refractivity contribution in [2.45, 2.75) is 117 Å². The molecule has 0 aliphatic rings. The third kappa shape index (κ3) is 29.9. The van der Waals surface area contributed by atoms with Crippen LogP contribution in [0.15, 0.2) is 24.3 Å². The molecule has 0 fully saturated rings. The fourth-order valence-corrected chi connectivity index (χ4v) is 4.90. The summed E-state index contributed by atoms with van der Waals surface area (Å²) in [5.41, 5.74) is -0.841. The first-order valence-corrected chi connectivity index (χ1v) is 20.0. The zero-order valence-electron chi connectivity index (χ0n) is 35.3. The molecule has 0 bridgehead atoms. The van der Waals surface area contributed by atoms with Crippen molar-refractivity contribution in [3.8, 4) is 5.75 Å². The number of carboxylic acids is 1. The molecule has 1 rings (SSSR count). The van der Waals surface area contributed by atoms with Crippen molar-refractivity contribution < 1.29 is 67.0 Å². The molecule has 0 aliphatic carbocycles. The van der Waals surface area contributed by atoms with E-state index in [0.717, 1.165) is 32.1 Å². The molecule has 0 saturated heterocycles. The number of amides is 3. The number of carbonyl (C=O) groups is 6. The van der Waals surface area contributed by atoms with Crippen molar-refractivity contribution >= 4 is 35.6 Å². The molecule has 3 amide bonds. The quantitative estimate of drug-likeness (QED) is 0.0601. The molecule has 1 aromatic rings. The highest BCUT2D eigenvalue weighted by atomic mass is 16.6. The first kappa shape index (κ1) is 51.7. The lowest BCUT2D eigenvalue weighted by molar-refractivity contribution is -0.159. The molecule has 4 N–H and O–H groups in total. The fraction of sp³-hybridized carbons (Fsp3) is 0.707. The molecule has 1 aromatic carbocycles. The van der Waals surface area contributed by atoms with Crippen LogP contribution in [0.4, 0.5) is 0 Å². The summed E-state index contributed by atoms with van der Waals surface area (Å²) in [5, 5.41) is 16.6. The minimum Gasteiger partial charge on any atom is -0.494 e. The van der Waals surface area contributed by atoms with Crippen molar-refractivity contribution in [3.63, 3.8) is 0 Å². The molecule has 0 aromatic heterocycles. The summed E-state index contributed by atoms with van der Waals surface area (Å²) < 4.78 is 37.4. The van der Waals surface area contributed by atoms with Crippen LogP contribution in [-0.4, -0.2) is 131 Å². The number of ether oxygens (including phenoxy) is 7. The third-order valence-electron chi connectivity index (χ3n) is 7.58. The summed E-state index contributed by atoms with van der Waals surface area (Å²) in [5.74, 6) is -2.24. The molecule has 0 saturated carbocycles. The molecule has 0 spiro atoms. The second-order valence-electron chi connectivity index (χ2n) is 15.4. The summed E-state index contributed by atoms with van der Waals surface area (Å²) >= 11 is 0. The van der Waals surface area contributed by atoms with Gasteiger partial charge < -0.3 is 54.2 Å². The summed E-state index contributed by atoms with van der Waals surface area (Å²) in [6.07, 6.45) is 5.64. The molecule has 330 valence electrons. The van der Waals surface area contributed by atoms with Gasteiger partial charge in [0.15, 0.2) is 0 Å². The van der Waals surface area contributed by atoms with Crippen LogP contribution in [0, 0.1) is 0 Å². The Morgan fingerprint density at radius 1 is 0.586 bits per heavy atom. The second-order valence-corrected chi connectivity index (χ2v) is 15.4. The largest absolute Gasteiger partial charge is 0.494 e. The molecule has 0 aliphatic heterocycles. The average molecular weight is 826 g/mol. The molecule has 1 atom stereocenters. The fourth-order valence-electron chi connectivity index (χ4n) is 4.90. The van der Waals surface area contributed by atoms with Crippen LogP contribution in [0.3, 0.4) is 0 Å². The number of unbranched alkanes of at least 4 members (excludes halogenated alkanes) is 5. The van der Waals surface area contributed by atoms with Gasteiger partial charge in [-0.3, -0.25) is 14.4 Å². The zero-order chi connectivity index (χ0) is 43.2. The van der Waals surface area contributed by atoms with Crippen molar-refractivity contribution in [1.29, 1.82) is 0 Å². The number of aliphatic carboxylic acids is 1. The Labute approximate surface area is 342 Å². The van der Waals surface area contributed by atoms with Crippen LogP contribution >= 0.6 is 0 Å². The van der Waals surface area contributed by atoms with Crippen LogP contribution in [0.25, 0.3) is 0 Å². The standard InChI is InChI=1S/C41H67N3O14/c1-40(2,3)57-38(50)31-14-16-32(17-15-31)56-22-12-10-8-7-9-11-13-35(46)44-33(39(51)58-41(4,5)6)18-19-34(45)42-20-23-52-25-27-54-29-36(47)43-21-24-53-26-28-55-30-37(48)49/h14-17,33H,7-13,18-30H2,1-6H3,(H,42,45)(H,43,47)(H,44,46)(H,48,49)/t33-/m0/s1. The van der Waals surface area contributed by atoms with Gasteiger partial charge in [-0.15, -0.1) is 0 Å². The Kier molecular flexibility index (Phi) is 26.6. The SMILES string of the molecule is CC(C)(C)OC(=O)c1ccc(OCCCCCCCCC(=O)N[C@@H](CCC(=O)NCCOCCOCC(=O)NCCOCCOCC(=O)O)C(=O)OC(C)(C)C)cc1. The van der Waals surface area contributed by atoms with E-state index in [1.165, 1.54) is 0 Å². The number of carbonyl (C=O) groups excluding carboxylic acids is 5. The first-order valence-electron chi connectivity index (χ1n) is 20.0. The maximum Gasteiger partial charge on any atom is 0.338 e. The second kappa shape index (κ2) is 29.8. The first-order chi connectivity index (χ1) is 27.4. The number of carboxylic acid groups (broad SMARTS) is 1.